The number of aliphatic hydroxyl groups excluding tert-OH is 1. The van der Waals surface area contributed by atoms with Crippen molar-refractivity contribution in [1.29, 1.82) is 0 Å². The first-order chi connectivity index (χ1) is 8.55. The summed E-state index contributed by atoms with van der Waals surface area (Å²) in [6, 6.07) is 0. The van der Waals surface area contributed by atoms with E-state index in [1.54, 1.807) is 0 Å². The SMILES string of the molecule is CC(C)(C)NCC(O)CN1C(=O)C2C(C1=O)C2(C)C. The van der Waals surface area contributed by atoms with Crippen molar-refractivity contribution in [3.63, 3.8) is 0 Å². The van der Waals surface area contributed by atoms with Gasteiger partial charge in [0.1, 0.15) is 0 Å². The minimum Gasteiger partial charge on any atom is -0.390 e. The molecule has 3 atom stereocenters. The van der Waals surface area contributed by atoms with E-state index in [-0.39, 0.29) is 41.1 Å². The molecule has 1 heterocycles. The molecule has 0 aromatic rings. The molecule has 0 bridgehead atoms. The molecule has 1 saturated carbocycles. The van der Waals surface area contributed by atoms with Crippen LogP contribution >= 0.6 is 0 Å². The molecule has 5 heteroatoms. The molecule has 108 valence electrons. The zero-order valence-corrected chi connectivity index (χ0v) is 12.4. The molecular formula is C14H24N2O3. The molecule has 2 N–H and O–H groups in total. The monoisotopic (exact) mass is 268 g/mol. The van der Waals surface area contributed by atoms with E-state index in [9.17, 15) is 14.7 Å². The maximum atomic E-state index is 12.1. The lowest BCUT2D eigenvalue weighted by atomic mass is 10.1. The number of β-amino-alcohol motifs (C(OH)–C–C–N with tert-alkyl or cyclic N) is 1. The summed E-state index contributed by atoms with van der Waals surface area (Å²) in [5.74, 6) is -0.560. The number of amides is 2. The molecule has 1 aliphatic heterocycles. The van der Waals surface area contributed by atoms with Gasteiger partial charge in [-0.15, -0.1) is 0 Å². The molecule has 2 rings (SSSR count). The fourth-order valence-corrected chi connectivity index (χ4v) is 2.88. The highest BCUT2D eigenvalue weighted by Crippen LogP contribution is 2.63. The Labute approximate surface area is 114 Å². The Hall–Kier alpha value is -0.940. The van der Waals surface area contributed by atoms with Crippen molar-refractivity contribution < 1.29 is 14.7 Å². The highest BCUT2D eigenvalue weighted by Gasteiger charge is 2.72. The third-order valence-electron chi connectivity index (χ3n) is 4.15. The Morgan fingerprint density at radius 1 is 1.26 bits per heavy atom. The van der Waals surface area contributed by atoms with Crippen LogP contribution in [-0.4, -0.2) is 46.6 Å². The highest BCUT2D eigenvalue weighted by atomic mass is 16.3. The molecule has 0 spiro atoms. The van der Waals surface area contributed by atoms with Crippen molar-refractivity contribution in [2.45, 2.75) is 46.3 Å². The average Bonchev–Trinajstić information content (AvgIpc) is 2.73. The van der Waals surface area contributed by atoms with Crippen LogP contribution in [0.25, 0.3) is 0 Å². The predicted octanol–water partition coefficient (Wildman–Crippen LogP) is 0.376. The van der Waals surface area contributed by atoms with Gasteiger partial charge in [0.05, 0.1) is 24.5 Å². The van der Waals surface area contributed by atoms with Crippen LogP contribution in [0, 0.1) is 17.3 Å². The number of nitrogens with zero attached hydrogens (tertiary/aromatic N) is 1. The van der Waals surface area contributed by atoms with E-state index in [1.165, 1.54) is 4.90 Å². The quantitative estimate of drug-likeness (QED) is 0.723. The van der Waals surface area contributed by atoms with Crippen LogP contribution in [-0.2, 0) is 9.59 Å². The lowest BCUT2D eigenvalue weighted by molar-refractivity contribution is -0.144. The molecule has 3 unspecified atom stereocenters. The third-order valence-corrected chi connectivity index (χ3v) is 4.15. The normalized spacial score (nSPS) is 30.5. The van der Waals surface area contributed by atoms with Crippen molar-refractivity contribution in [3.05, 3.63) is 0 Å². The van der Waals surface area contributed by atoms with Gasteiger partial charge in [0, 0.05) is 12.1 Å². The summed E-state index contributed by atoms with van der Waals surface area (Å²) in [6.45, 7) is 10.4. The van der Waals surface area contributed by atoms with Gasteiger partial charge in [-0.3, -0.25) is 14.5 Å². The van der Waals surface area contributed by atoms with Gasteiger partial charge in [-0.05, 0) is 26.2 Å². The van der Waals surface area contributed by atoms with Gasteiger partial charge in [0.25, 0.3) is 0 Å². The lowest BCUT2D eigenvalue weighted by Gasteiger charge is -2.26. The van der Waals surface area contributed by atoms with Gasteiger partial charge >= 0.3 is 0 Å². The molecule has 0 aromatic carbocycles. The van der Waals surface area contributed by atoms with Crippen LogP contribution in [0.4, 0.5) is 0 Å². The smallest absolute Gasteiger partial charge is 0.233 e. The number of likely N-dealkylation sites (tertiary alicyclic amines) is 1. The second-order valence-corrected chi connectivity index (χ2v) is 7.35. The van der Waals surface area contributed by atoms with Gasteiger partial charge in [0.2, 0.25) is 11.8 Å². The second-order valence-electron chi connectivity index (χ2n) is 7.35. The number of fused-ring (bicyclic) bond motifs is 1. The number of hydrogen-bond acceptors (Lipinski definition) is 4. The molecule has 0 radical (unpaired) electrons. The Balaban J connectivity index is 1.88. The summed E-state index contributed by atoms with van der Waals surface area (Å²) in [7, 11) is 0. The maximum absolute atomic E-state index is 12.1. The van der Waals surface area contributed by atoms with Gasteiger partial charge in [0.15, 0.2) is 0 Å². The van der Waals surface area contributed by atoms with Crippen molar-refractivity contribution in [2.75, 3.05) is 13.1 Å². The fourth-order valence-electron chi connectivity index (χ4n) is 2.88. The van der Waals surface area contributed by atoms with E-state index in [1.807, 2.05) is 34.6 Å². The Morgan fingerprint density at radius 2 is 1.74 bits per heavy atom. The standard InChI is InChI=1S/C14H24N2O3/c1-13(2,3)15-6-8(17)7-16-11(18)9-10(12(16)19)14(9,4)5/h8-10,15,17H,6-7H2,1-5H3. The second kappa shape index (κ2) is 4.28. The summed E-state index contributed by atoms with van der Waals surface area (Å²) in [4.78, 5) is 25.4. The topological polar surface area (TPSA) is 69.6 Å². The van der Waals surface area contributed by atoms with Gasteiger partial charge < -0.3 is 10.4 Å². The maximum Gasteiger partial charge on any atom is 0.233 e. The lowest BCUT2D eigenvalue weighted by Crippen LogP contribution is -2.47. The van der Waals surface area contributed by atoms with E-state index >= 15 is 0 Å². The molecule has 2 fully saturated rings. The van der Waals surface area contributed by atoms with Crippen molar-refractivity contribution in [1.82, 2.24) is 10.2 Å². The molecular weight excluding hydrogens is 244 g/mol. The molecule has 1 aliphatic carbocycles. The van der Waals surface area contributed by atoms with Crippen molar-refractivity contribution in [2.24, 2.45) is 17.3 Å². The number of rotatable bonds is 4. The average molecular weight is 268 g/mol. The molecule has 5 nitrogen and oxygen atoms in total. The number of piperidine rings is 1. The number of imide groups is 1. The van der Waals surface area contributed by atoms with Crippen LogP contribution in [0.15, 0.2) is 0 Å². The van der Waals surface area contributed by atoms with Crippen LogP contribution in [0.2, 0.25) is 0 Å². The van der Waals surface area contributed by atoms with E-state index in [2.05, 4.69) is 5.32 Å². The third kappa shape index (κ3) is 2.54. The van der Waals surface area contributed by atoms with Crippen LogP contribution < -0.4 is 5.32 Å². The minimum atomic E-state index is -0.715. The largest absolute Gasteiger partial charge is 0.390 e. The van der Waals surface area contributed by atoms with Gasteiger partial charge in [-0.25, -0.2) is 0 Å². The number of hydrogen-bond donors (Lipinski definition) is 2. The highest BCUT2D eigenvalue weighted by molar-refractivity contribution is 6.10. The zero-order valence-electron chi connectivity index (χ0n) is 12.4. The number of carbonyl (C=O) groups is 2. The molecule has 2 aliphatic rings. The van der Waals surface area contributed by atoms with E-state index in [0.29, 0.717) is 6.54 Å². The van der Waals surface area contributed by atoms with E-state index in [0.717, 1.165) is 0 Å². The first-order valence-corrected chi connectivity index (χ1v) is 6.84. The predicted molar refractivity (Wildman–Crippen MR) is 71.2 cm³/mol. The van der Waals surface area contributed by atoms with Gasteiger partial charge in [-0.1, -0.05) is 13.8 Å². The minimum absolute atomic E-state index is 0.0931. The summed E-state index contributed by atoms with van der Waals surface area (Å²) in [6.07, 6.45) is -0.715. The first kappa shape index (κ1) is 14.5. The van der Waals surface area contributed by atoms with Crippen molar-refractivity contribution in [3.8, 4) is 0 Å². The van der Waals surface area contributed by atoms with Crippen LogP contribution in [0.3, 0.4) is 0 Å². The number of nitrogens with one attached hydrogen (secondary N) is 1. The van der Waals surface area contributed by atoms with Crippen LogP contribution in [0.1, 0.15) is 34.6 Å². The van der Waals surface area contributed by atoms with Crippen molar-refractivity contribution >= 4 is 11.8 Å². The molecule has 0 aromatic heterocycles. The molecule has 1 saturated heterocycles. The fraction of sp³-hybridized carbons (Fsp3) is 0.857. The molecule has 2 amide bonds. The molecule has 19 heavy (non-hydrogen) atoms. The van der Waals surface area contributed by atoms with Gasteiger partial charge in [-0.2, -0.15) is 0 Å². The zero-order chi connectivity index (χ0) is 14.6. The van der Waals surface area contributed by atoms with Crippen LogP contribution in [0.5, 0.6) is 0 Å². The Morgan fingerprint density at radius 3 is 2.16 bits per heavy atom. The number of aliphatic hydroxyl groups is 1. The summed E-state index contributed by atoms with van der Waals surface area (Å²) >= 11 is 0. The summed E-state index contributed by atoms with van der Waals surface area (Å²) < 4.78 is 0. The Kier molecular flexibility index (Phi) is 3.26. The number of carbonyl (C=O) groups excluding carboxylic acids is 2. The summed E-state index contributed by atoms with van der Waals surface area (Å²) in [5, 5.41) is 13.1. The first-order valence-electron chi connectivity index (χ1n) is 6.84. The summed E-state index contributed by atoms with van der Waals surface area (Å²) in [5.41, 5.74) is -0.274. The Bertz CT molecular complexity index is 387. The van der Waals surface area contributed by atoms with E-state index in [4.69, 9.17) is 0 Å². The van der Waals surface area contributed by atoms with E-state index < -0.39 is 6.10 Å².